The van der Waals surface area contributed by atoms with Gasteiger partial charge in [0.05, 0.1) is 9.22 Å². The van der Waals surface area contributed by atoms with Gasteiger partial charge < -0.3 is 9.88 Å². The molecule has 0 bridgehead atoms. The number of aromatic nitrogens is 1. The van der Waals surface area contributed by atoms with Gasteiger partial charge in [-0.15, -0.1) is 0 Å². The fraction of sp³-hybridized carbons (Fsp3) is 0.500. The highest BCUT2D eigenvalue weighted by atomic mass is 127. The second-order valence-electron chi connectivity index (χ2n) is 5.89. The third-order valence-electron chi connectivity index (χ3n) is 4.20. The summed E-state index contributed by atoms with van der Waals surface area (Å²) in [6, 6.07) is 7.83. The molecule has 1 heterocycles. The zero-order valence-electron chi connectivity index (χ0n) is 12.1. The quantitative estimate of drug-likeness (QED) is 0.642. The molecule has 0 radical (unpaired) electrons. The Morgan fingerprint density at radius 2 is 1.91 bits per heavy atom. The van der Waals surface area contributed by atoms with E-state index >= 15 is 0 Å². The van der Waals surface area contributed by atoms with Crippen LogP contribution < -0.4 is 5.32 Å². The maximum Gasteiger partial charge on any atom is 0.406 e. The Bertz CT molecular complexity index is 657. The van der Waals surface area contributed by atoms with Crippen molar-refractivity contribution in [3.63, 3.8) is 0 Å². The zero-order valence-corrected chi connectivity index (χ0v) is 14.2. The summed E-state index contributed by atoms with van der Waals surface area (Å²) in [4.78, 5) is 0. The van der Waals surface area contributed by atoms with Crippen LogP contribution in [0.25, 0.3) is 10.9 Å². The van der Waals surface area contributed by atoms with Crippen LogP contribution in [-0.2, 0) is 6.54 Å². The van der Waals surface area contributed by atoms with Gasteiger partial charge in [-0.25, -0.2) is 0 Å². The van der Waals surface area contributed by atoms with Crippen LogP contribution in [0, 0.1) is 3.70 Å². The molecule has 0 aliphatic heterocycles. The van der Waals surface area contributed by atoms with E-state index in [2.05, 4.69) is 5.32 Å². The number of halogens is 4. The van der Waals surface area contributed by atoms with Gasteiger partial charge in [0, 0.05) is 17.1 Å². The SMILES string of the molecule is FC(F)(F)Cn1c(I)cc2c(NC3CCCCC3)cccc21. The summed E-state index contributed by atoms with van der Waals surface area (Å²) in [5, 5.41) is 4.41. The second kappa shape index (κ2) is 6.29. The molecule has 1 saturated carbocycles. The maximum atomic E-state index is 12.8. The van der Waals surface area contributed by atoms with E-state index in [0.717, 1.165) is 23.9 Å². The van der Waals surface area contributed by atoms with Crippen LogP contribution in [0.15, 0.2) is 24.3 Å². The Balaban J connectivity index is 1.93. The van der Waals surface area contributed by atoms with Crippen LogP contribution in [0.3, 0.4) is 0 Å². The molecule has 2 nitrogen and oxygen atoms in total. The maximum absolute atomic E-state index is 12.8. The molecule has 120 valence electrons. The van der Waals surface area contributed by atoms with Gasteiger partial charge in [0.25, 0.3) is 0 Å². The van der Waals surface area contributed by atoms with Gasteiger partial charge >= 0.3 is 6.18 Å². The van der Waals surface area contributed by atoms with Crippen LogP contribution in [-0.4, -0.2) is 16.8 Å². The number of nitrogens with zero attached hydrogens (tertiary/aromatic N) is 1. The van der Waals surface area contributed by atoms with Crippen molar-refractivity contribution in [2.24, 2.45) is 0 Å². The third-order valence-corrected chi connectivity index (χ3v) is 5.09. The summed E-state index contributed by atoms with van der Waals surface area (Å²) in [5.74, 6) is 0. The molecule has 2 aromatic rings. The number of anilines is 1. The van der Waals surface area contributed by atoms with Gasteiger partial charge in [0.1, 0.15) is 6.54 Å². The first-order valence-electron chi connectivity index (χ1n) is 7.55. The van der Waals surface area contributed by atoms with Gasteiger partial charge in [-0.2, -0.15) is 13.2 Å². The van der Waals surface area contributed by atoms with Crippen molar-refractivity contribution < 1.29 is 13.2 Å². The summed E-state index contributed by atoms with van der Waals surface area (Å²) in [7, 11) is 0. The molecule has 0 unspecified atom stereocenters. The number of fused-ring (bicyclic) bond motifs is 1. The summed E-state index contributed by atoms with van der Waals surface area (Å²) in [5.41, 5.74) is 1.59. The molecule has 1 N–H and O–H groups in total. The molecule has 1 fully saturated rings. The lowest BCUT2D eigenvalue weighted by molar-refractivity contribution is -0.140. The molecule has 0 spiro atoms. The summed E-state index contributed by atoms with van der Waals surface area (Å²) in [6.07, 6.45) is 1.79. The van der Waals surface area contributed by atoms with Crippen LogP contribution in [0.5, 0.6) is 0 Å². The minimum atomic E-state index is -4.21. The topological polar surface area (TPSA) is 17.0 Å². The second-order valence-corrected chi connectivity index (χ2v) is 6.99. The first-order chi connectivity index (χ1) is 10.4. The van der Waals surface area contributed by atoms with E-state index in [1.165, 1.54) is 23.8 Å². The normalized spacial score (nSPS) is 17.1. The molecule has 3 rings (SSSR count). The molecule has 6 heteroatoms. The first kappa shape index (κ1) is 16.0. The van der Waals surface area contributed by atoms with Crippen molar-refractivity contribution >= 4 is 39.2 Å². The third kappa shape index (κ3) is 3.52. The monoisotopic (exact) mass is 422 g/mol. The summed E-state index contributed by atoms with van der Waals surface area (Å²) >= 11 is 1.98. The fourth-order valence-electron chi connectivity index (χ4n) is 3.18. The standard InChI is InChI=1S/C16H18F3IN2/c17-16(18,19)10-22-14-8-4-7-13(12(14)9-15(22)20)21-11-5-2-1-3-6-11/h4,7-9,11,21H,1-3,5-6,10H2. The highest BCUT2D eigenvalue weighted by Gasteiger charge is 2.29. The van der Waals surface area contributed by atoms with Crippen molar-refractivity contribution in [3.8, 4) is 0 Å². The largest absolute Gasteiger partial charge is 0.406 e. The summed E-state index contributed by atoms with van der Waals surface area (Å²) in [6.45, 7) is -0.943. The van der Waals surface area contributed by atoms with E-state index in [1.807, 2.05) is 40.8 Å². The molecular formula is C16H18F3IN2. The summed E-state index contributed by atoms with van der Waals surface area (Å²) < 4.78 is 40.2. The van der Waals surface area contributed by atoms with Gasteiger partial charge in [-0.05, 0) is 53.6 Å². The molecule has 0 amide bonds. The van der Waals surface area contributed by atoms with E-state index in [-0.39, 0.29) is 0 Å². The van der Waals surface area contributed by atoms with E-state index < -0.39 is 12.7 Å². The lowest BCUT2D eigenvalue weighted by atomic mass is 9.95. The predicted molar refractivity (Wildman–Crippen MR) is 91.2 cm³/mol. The average molecular weight is 422 g/mol. The Hall–Kier alpha value is -0.920. The molecule has 1 aliphatic carbocycles. The van der Waals surface area contributed by atoms with Crippen molar-refractivity contribution in [2.75, 3.05) is 5.32 Å². The Labute approximate surface area is 141 Å². The van der Waals surface area contributed by atoms with Crippen LogP contribution in [0.4, 0.5) is 18.9 Å². The highest BCUT2D eigenvalue weighted by Crippen LogP contribution is 2.32. The molecular weight excluding hydrogens is 404 g/mol. The minimum Gasteiger partial charge on any atom is -0.382 e. The number of hydrogen-bond donors (Lipinski definition) is 1. The Morgan fingerprint density at radius 1 is 1.18 bits per heavy atom. The van der Waals surface area contributed by atoms with E-state index in [9.17, 15) is 13.2 Å². The average Bonchev–Trinajstić information content (AvgIpc) is 2.76. The zero-order chi connectivity index (χ0) is 15.7. The number of nitrogens with one attached hydrogen (secondary N) is 1. The molecule has 1 aromatic heterocycles. The highest BCUT2D eigenvalue weighted by molar-refractivity contribution is 14.1. The van der Waals surface area contributed by atoms with Crippen LogP contribution in [0.1, 0.15) is 32.1 Å². The first-order valence-corrected chi connectivity index (χ1v) is 8.63. The van der Waals surface area contributed by atoms with Crippen molar-refractivity contribution in [1.82, 2.24) is 4.57 Å². The molecule has 1 aliphatic rings. The molecule has 1 aromatic carbocycles. The Kier molecular flexibility index (Phi) is 4.56. The van der Waals surface area contributed by atoms with E-state index in [4.69, 9.17) is 0 Å². The number of rotatable bonds is 3. The van der Waals surface area contributed by atoms with Gasteiger partial charge in [-0.1, -0.05) is 25.3 Å². The van der Waals surface area contributed by atoms with Crippen molar-refractivity contribution in [2.45, 2.75) is 50.9 Å². The molecule has 0 saturated heterocycles. The van der Waals surface area contributed by atoms with Crippen LogP contribution in [0.2, 0.25) is 0 Å². The predicted octanol–water partition coefficient (Wildman–Crippen LogP) is 5.55. The fourth-order valence-corrected chi connectivity index (χ4v) is 3.93. The van der Waals surface area contributed by atoms with E-state index in [0.29, 0.717) is 15.3 Å². The number of benzene rings is 1. The Morgan fingerprint density at radius 3 is 2.59 bits per heavy atom. The van der Waals surface area contributed by atoms with Crippen LogP contribution >= 0.6 is 22.6 Å². The van der Waals surface area contributed by atoms with Gasteiger partial charge in [0.15, 0.2) is 0 Å². The van der Waals surface area contributed by atoms with Gasteiger partial charge in [0.2, 0.25) is 0 Å². The lowest BCUT2D eigenvalue weighted by Crippen LogP contribution is -2.22. The van der Waals surface area contributed by atoms with Crippen molar-refractivity contribution in [1.29, 1.82) is 0 Å². The molecule has 0 atom stereocenters. The van der Waals surface area contributed by atoms with Gasteiger partial charge in [-0.3, -0.25) is 0 Å². The minimum absolute atomic E-state index is 0.433. The number of alkyl halides is 3. The number of hydrogen-bond acceptors (Lipinski definition) is 1. The van der Waals surface area contributed by atoms with Crippen molar-refractivity contribution in [3.05, 3.63) is 28.0 Å². The molecule has 22 heavy (non-hydrogen) atoms. The lowest BCUT2D eigenvalue weighted by Gasteiger charge is -2.24. The smallest absolute Gasteiger partial charge is 0.382 e. The van der Waals surface area contributed by atoms with E-state index in [1.54, 1.807) is 6.07 Å².